The van der Waals surface area contributed by atoms with Gasteiger partial charge in [-0.05, 0) is 76.7 Å². The van der Waals surface area contributed by atoms with Gasteiger partial charge in [0, 0.05) is 16.8 Å². The van der Waals surface area contributed by atoms with Crippen LogP contribution in [0.15, 0.2) is 72.8 Å². The minimum absolute atomic E-state index is 0.0646. The Balaban J connectivity index is 1.37. The predicted molar refractivity (Wildman–Crippen MR) is 180 cm³/mol. The topological polar surface area (TPSA) is 97.8 Å². The van der Waals surface area contributed by atoms with Gasteiger partial charge in [0.2, 0.25) is 0 Å². The number of ether oxygens (including phenoxy) is 2. The molecule has 4 aromatic rings. The van der Waals surface area contributed by atoms with Gasteiger partial charge in [-0.2, -0.15) is 0 Å². The number of carboxylic acid groups (broad SMARTS) is 1. The van der Waals surface area contributed by atoms with Crippen LogP contribution >= 0.6 is 11.8 Å². The fourth-order valence-electron chi connectivity index (χ4n) is 5.73. The van der Waals surface area contributed by atoms with E-state index in [2.05, 4.69) is 38.2 Å². The highest BCUT2D eigenvalue weighted by atomic mass is 32.2. The van der Waals surface area contributed by atoms with Gasteiger partial charge >= 0.3 is 5.97 Å². The van der Waals surface area contributed by atoms with Crippen LogP contribution in [-0.4, -0.2) is 34.5 Å². The average Bonchev–Trinajstić information content (AvgIpc) is 3.53. The van der Waals surface area contributed by atoms with Gasteiger partial charge in [0.25, 0.3) is 5.91 Å². The van der Waals surface area contributed by atoms with Crippen LogP contribution in [0.2, 0.25) is 0 Å². The van der Waals surface area contributed by atoms with Gasteiger partial charge < -0.3 is 19.9 Å². The van der Waals surface area contributed by atoms with Gasteiger partial charge in [-0.3, -0.25) is 9.59 Å². The molecule has 8 heteroatoms. The second-order valence-electron chi connectivity index (χ2n) is 12.8. The molecule has 1 unspecified atom stereocenters. The van der Waals surface area contributed by atoms with Crippen LogP contribution in [0.5, 0.6) is 17.2 Å². The summed E-state index contributed by atoms with van der Waals surface area (Å²) in [6, 6.07) is 23.5. The summed E-state index contributed by atoms with van der Waals surface area (Å²) in [6.45, 7) is 6.56. The number of pyridine rings is 1. The number of hydrogen-bond acceptors (Lipinski definition) is 6. The van der Waals surface area contributed by atoms with Gasteiger partial charge in [0.05, 0.1) is 18.9 Å². The molecule has 3 aromatic carbocycles. The van der Waals surface area contributed by atoms with E-state index in [1.54, 1.807) is 13.2 Å². The first-order chi connectivity index (χ1) is 21.6. The van der Waals surface area contributed by atoms with Crippen molar-refractivity contribution in [2.75, 3.05) is 7.11 Å². The summed E-state index contributed by atoms with van der Waals surface area (Å²) in [5, 5.41) is 13.7. The highest BCUT2D eigenvalue weighted by molar-refractivity contribution is 7.99. The number of amides is 1. The molecule has 1 atom stereocenters. The van der Waals surface area contributed by atoms with E-state index >= 15 is 0 Å². The second-order valence-corrected chi connectivity index (χ2v) is 14.0. The molecule has 1 aromatic heterocycles. The molecule has 7 nitrogen and oxygen atoms in total. The fourth-order valence-corrected chi connectivity index (χ4v) is 6.76. The number of carbonyl (C=O) groups excluding carboxylic acids is 1. The van der Waals surface area contributed by atoms with Crippen molar-refractivity contribution in [2.45, 2.75) is 75.8 Å². The van der Waals surface area contributed by atoms with Crippen molar-refractivity contribution in [1.82, 2.24) is 10.3 Å². The molecule has 1 saturated carbocycles. The second kappa shape index (κ2) is 14.4. The number of benzene rings is 3. The lowest BCUT2D eigenvalue weighted by Crippen LogP contribution is -2.35. The van der Waals surface area contributed by atoms with Crippen molar-refractivity contribution in [2.24, 2.45) is 5.92 Å². The maximum absolute atomic E-state index is 13.5. The van der Waals surface area contributed by atoms with E-state index in [1.807, 2.05) is 54.6 Å². The lowest BCUT2D eigenvalue weighted by Gasteiger charge is -2.19. The summed E-state index contributed by atoms with van der Waals surface area (Å²) in [6.07, 6.45) is 5.31. The zero-order valence-electron chi connectivity index (χ0n) is 26.5. The maximum atomic E-state index is 13.5. The number of thioether (sulfide) groups is 1. The number of carboxylic acids is 1. The molecule has 0 saturated heterocycles. The lowest BCUT2D eigenvalue weighted by molar-refractivity contribution is -0.137. The standard InChI is InChI=1S/C37H42N2O5S/c1-37(2,3)27-12-17-29(18-13-27)44-30-16-11-26-20-33(38-32(31(26)21-30)19-24-7-5-6-8-24)36(42)39-34(22-35(40)41)45-23-25-9-14-28(43-4)15-10-25/h9-18,20-21,24,34H,5-8,19,22-23H2,1-4H3,(H,39,42)(H,40,41). The number of fused-ring (bicyclic) bond motifs is 1. The molecule has 45 heavy (non-hydrogen) atoms. The molecule has 2 N–H and O–H groups in total. The Morgan fingerprint density at radius 2 is 1.62 bits per heavy atom. The van der Waals surface area contributed by atoms with E-state index in [0.717, 1.165) is 52.8 Å². The first-order valence-corrected chi connectivity index (χ1v) is 16.6. The molecule has 5 rings (SSSR count). The van der Waals surface area contributed by atoms with Gasteiger partial charge in [-0.15, -0.1) is 11.8 Å². The molecule has 0 aliphatic heterocycles. The summed E-state index contributed by atoms with van der Waals surface area (Å²) in [7, 11) is 1.61. The molecular formula is C37H42N2O5S. The van der Waals surface area contributed by atoms with Gasteiger partial charge in [-0.1, -0.05) is 76.8 Å². The van der Waals surface area contributed by atoms with Crippen molar-refractivity contribution in [3.8, 4) is 17.2 Å². The smallest absolute Gasteiger partial charge is 0.306 e. The number of rotatable bonds is 12. The third-order valence-corrected chi connectivity index (χ3v) is 9.48. The summed E-state index contributed by atoms with van der Waals surface area (Å²) >= 11 is 1.38. The highest BCUT2D eigenvalue weighted by Gasteiger charge is 2.23. The first kappa shape index (κ1) is 32.4. The Bertz CT molecular complexity index is 1620. The maximum Gasteiger partial charge on any atom is 0.306 e. The Morgan fingerprint density at radius 3 is 2.27 bits per heavy atom. The summed E-state index contributed by atoms with van der Waals surface area (Å²) in [4.78, 5) is 30.1. The number of nitrogens with one attached hydrogen (secondary N) is 1. The zero-order valence-corrected chi connectivity index (χ0v) is 27.3. The number of nitrogens with zero attached hydrogens (tertiary/aromatic N) is 1. The fraction of sp³-hybridized carbons (Fsp3) is 0.378. The molecule has 1 heterocycles. The van der Waals surface area contributed by atoms with E-state index in [0.29, 0.717) is 23.1 Å². The quantitative estimate of drug-likeness (QED) is 0.152. The highest BCUT2D eigenvalue weighted by Crippen LogP contribution is 2.33. The van der Waals surface area contributed by atoms with E-state index in [1.165, 1.54) is 30.2 Å². The molecule has 1 amide bonds. The van der Waals surface area contributed by atoms with Crippen LogP contribution < -0.4 is 14.8 Å². The molecule has 0 bridgehead atoms. The van der Waals surface area contributed by atoms with Crippen LogP contribution in [0.1, 0.15) is 80.2 Å². The Labute approximate surface area is 269 Å². The van der Waals surface area contributed by atoms with Crippen LogP contribution in [0.3, 0.4) is 0 Å². The molecule has 1 aliphatic carbocycles. The first-order valence-electron chi connectivity index (χ1n) is 15.6. The number of hydrogen-bond donors (Lipinski definition) is 2. The van der Waals surface area contributed by atoms with Crippen LogP contribution in [-0.2, 0) is 22.4 Å². The van der Waals surface area contributed by atoms with Gasteiger partial charge in [-0.25, -0.2) is 4.98 Å². The number of aromatic nitrogens is 1. The number of carbonyl (C=O) groups is 2. The van der Waals surface area contributed by atoms with Crippen molar-refractivity contribution < 1.29 is 24.2 Å². The van der Waals surface area contributed by atoms with E-state index in [4.69, 9.17) is 14.5 Å². The molecule has 0 radical (unpaired) electrons. The average molecular weight is 627 g/mol. The van der Waals surface area contributed by atoms with Crippen molar-refractivity contribution in [3.63, 3.8) is 0 Å². The van der Waals surface area contributed by atoms with Crippen molar-refractivity contribution in [1.29, 1.82) is 0 Å². The Morgan fingerprint density at radius 1 is 0.956 bits per heavy atom. The third kappa shape index (κ3) is 8.78. The largest absolute Gasteiger partial charge is 0.497 e. The minimum atomic E-state index is -0.975. The normalized spacial score (nSPS) is 14.3. The monoisotopic (exact) mass is 626 g/mol. The minimum Gasteiger partial charge on any atom is -0.497 e. The van der Waals surface area contributed by atoms with E-state index < -0.39 is 11.3 Å². The lowest BCUT2D eigenvalue weighted by atomic mass is 9.87. The van der Waals surface area contributed by atoms with Crippen LogP contribution in [0, 0.1) is 5.92 Å². The van der Waals surface area contributed by atoms with Gasteiger partial charge in [0.15, 0.2) is 0 Å². The SMILES string of the molecule is COc1ccc(CSC(CC(=O)O)NC(=O)c2cc3ccc(Oc4ccc(C(C)(C)C)cc4)cc3c(CC3CCCC3)n2)cc1. The van der Waals surface area contributed by atoms with E-state index in [-0.39, 0.29) is 17.7 Å². The Hall–Kier alpha value is -4.04. The molecular weight excluding hydrogens is 584 g/mol. The summed E-state index contributed by atoms with van der Waals surface area (Å²) < 4.78 is 11.5. The zero-order chi connectivity index (χ0) is 32.0. The van der Waals surface area contributed by atoms with Crippen LogP contribution in [0.4, 0.5) is 0 Å². The Kier molecular flexibility index (Phi) is 10.3. The van der Waals surface area contributed by atoms with Crippen molar-refractivity contribution >= 4 is 34.4 Å². The number of methoxy groups -OCH3 is 1. The molecule has 1 fully saturated rings. The summed E-state index contributed by atoms with van der Waals surface area (Å²) in [5.41, 5.74) is 3.49. The van der Waals surface area contributed by atoms with Crippen molar-refractivity contribution in [3.05, 3.63) is 95.3 Å². The predicted octanol–water partition coefficient (Wildman–Crippen LogP) is 8.53. The number of aliphatic carboxylic acids is 1. The van der Waals surface area contributed by atoms with E-state index in [9.17, 15) is 14.7 Å². The summed E-state index contributed by atoms with van der Waals surface area (Å²) in [5.74, 6) is 1.95. The van der Waals surface area contributed by atoms with Crippen LogP contribution in [0.25, 0.3) is 10.8 Å². The third-order valence-electron chi connectivity index (χ3n) is 8.29. The molecule has 0 spiro atoms. The molecule has 236 valence electrons. The van der Waals surface area contributed by atoms with Gasteiger partial charge in [0.1, 0.15) is 22.9 Å². The molecule has 1 aliphatic rings.